The zero-order valence-electron chi connectivity index (χ0n) is 8.70. The van der Waals surface area contributed by atoms with Crippen LogP contribution in [0.4, 0.5) is 5.69 Å². The molecule has 0 amide bonds. The fourth-order valence-electron chi connectivity index (χ4n) is 2.04. The van der Waals surface area contributed by atoms with Crippen LogP contribution in [0, 0.1) is 6.92 Å². The number of fused-ring (bicyclic) bond motifs is 3. The van der Waals surface area contributed by atoms with Crippen molar-refractivity contribution in [1.29, 1.82) is 0 Å². The molecule has 1 aromatic heterocycles. The monoisotopic (exact) mass is 199 g/mol. The summed E-state index contributed by atoms with van der Waals surface area (Å²) in [6.45, 7) is 3.09. The highest BCUT2D eigenvalue weighted by Crippen LogP contribution is 2.25. The molecule has 0 radical (unpaired) electrons. The number of rotatable bonds is 0. The van der Waals surface area contributed by atoms with Gasteiger partial charge in [0.05, 0.1) is 17.7 Å². The van der Waals surface area contributed by atoms with E-state index in [1.807, 2.05) is 12.5 Å². The molecule has 0 fully saturated rings. The van der Waals surface area contributed by atoms with Gasteiger partial charge in [-0.15, -0.1) is 0 Å². The van der Waals surface area contributed by atoms with Crippen LogP contribution in [-0.4, -0.2) is 16.1 Å². The van der Waals surface area contributed by atoms with Crippen LogP contribution in [0.2, 0.25) is 0 Å². The average Bonchev–Trinajstić information content (AvgIpc) is 2.62. The fraction of sp³-hybridized carbons (Fsp3) is 0.250. The molecule has 0 spiro atoms. The summed E-state index contributed by atoms with van der Waals surface area (Å²) in [5, 5.41) is 3.44. The molecule has 15 heavy (non-hydrogen) atoms. The predicted molar refractivity (Wildman–Crippen MR) is 60.5 cm³/mol. The highest BCUT2D eigenvalue weighted by molar-refractivity contribution is 5.63. The Labute approximate surface area is 88.8 Å². The second kappa shape index (κ2) is 3.12. The van der Waals surface area contributed by atoms with Gasteiger partial charge in [0.25, 0.3) is 0 Å². The maximum Gasteiger partial charge on any atom is 0.0994 e. The lowest BCUT2D eigenvalue weighted by Gasteiger charge is -2.10. The minimum absolute atomic E-state index is 0.974. The lowest BCUT2D eigenvalue weighted by Crippen LogP contribution is -2.01. The Morgan fingerprint density at radius 2 is 2.33 bits per heavy atom. The average molecular weight is 199 g/mol. The van der Waals surface area contributed by atoms with Gasteiger partial charge in [0.2, 0.25) is 0 Å². The number of benzene rings is 1. The van der Waals surface area contributed by atoms with E-state index < -0.39 is 0 Å². The summed E-state index contributed by atoms with van der Waals surface area (Å²) >= 11 is 0. The third kappa shape index (κ3) is 1.31. The summed E-state index contributed by atoms with van der Waals surface area (Å²) in [5.41, 5.74) is 4.95. The van der Waals surface area contributed by atoms with E-state index in [2.05, 4.69) is 40.0 Å². The van der Waals surface area contributed by atoms with Crippen molar-refractivity contribution in [3.05, 3.63) is 42.0 Å². The molecule has 3 rings (SSSR count). The Kier molecular flexibility index (Phi) is 1.78. The smallest absolute Gasteiger partial charge is 0.0994 e. The predicted octanol–water partition coefficient (Wildman–Crippen LogP) is 2.15. The molecule has 0 atom stereocenters. The van der Waals surface area contributed by atoms with Gasteiger partial charge in [-0.05, 0) is 24.6 Å². The Bertz CT molecular complexity index is 499. The van der Waals surface area contributed by atoms with Crippen LogP contribution >= 0.6 is 0 Å². The summed E-state index contributed by atoms with van der Waals surface area (Å²) in [6, 6.07) is 6.46. The molecule has 1 N–H and O–H groups in total. The lowest BCUT2D eigenvalue weighted by molar-refractivity contribution is 0.928. The third-order valence-electron chi connectivity index (χ3n) is 2.82. The van der Waals surface area contributed by atoms with Crippen molar-refractivity contribution in [3.8, 4) is 5.69 Å². The highest BCUT2D eigenvalue weighted by Gasteiger charge is 2.12. The molecule has 1 aliphatic rings. The summed E-state index contributed by atoms with van der Waals surface area (Å²) in [5.74, 6) is 0. The topological polar surface area (TPSA) is 29.9 Å². The van der Waals surface area contributed by atoms with E-state index in [9.17, 15) is 0 Å². The molecular formula is C12H13N3. The molecule has 2 heterocycles. The molecule has 0 bridgehead atoms. The van der Waals surface area contributed by atoms with E-state index in [4.69, 9.17) is 0 Å². The summed E-state index contributed by atoms with van der Waals surface area (Å²) in [7, 11) is 0. The van der Waals surface area contributed by atoms with E-state index in [1.165, 1.54) is 22.6 Å². The van der Waals surface area contributed by atoms with E-state index in [0.29, 0.717) is 0 Å². The minimum Gasteiger partial charge on any atom is -0.383 e. The molecule has 3 nitrogen and oxygen atoms in total. The number of nitrogens with one attached hydrogen (secondary N) is 1. The van der Waals surface area contributed by atoms with E-state index >= 15 is 0 Å². The number of aromatic nitrogens is 2. The first kappa shape index (κ1) is 8.53. The van der Waals surface area contributed by atoms with Crippen molar-refractivity contribution < 1.29 is 0 Å². The van der Waals surface area contributed by atoms with Gasteiger partial charge in [-0.2, -0.15) is 0 Å². The molecule has 0 unspecified atom stereocenters. The van der Waals surface area contributed by atoms with Crippen molar-refractivity contribution in [3.63, 3.8) is 0 Å². The van der Waals surface area contributed by atoms with Gasteiger partial charge in [0.1, 0.15) is 0 Å². The quantitative estimate of drug-likeness (QED) is 0.704. The Balaban J connectivity index is 2.27. The zero-order chi connectivity index (χ0) is 10.3. The van der Waals surface area contributed by atoms with Gasteiger partial charge in [0.15, 0.2) is 0 Å². The van der Waals surface area contributed by atoms with Crippen LogP contribution in [0.1, 0.15) is 11.3 Å². The van der Waals surface area contributed by atoms with Crippen LogP contribution in [0.3, 0.4) is 0 Å². The highest BCUT2D eigenvalue weighted by atomic mass is 15.1. The van der Waals surface area contributed by atoms with Crippen molar-refractivity contribution in [2.24, 2.45) is 0 Å². The van der Waals surface area contributed by atoms with Crippen LogP contribution < -0.4 is 5.32 Å². The number of hydrogen-bond donors (Lipinski definition) is 1. The van der Waals surface area contributed by atoms with Crippen molar-refractivity contribution >= 4 is 5.69 Å². The van der Waals surface area contributed by atoms with Crippen LogP contribution in [0.25, 0.3) is 5.69 Å². The van der Waals surface area contributed by atoms with Gasteiger partial charge < -0.3 is 9.88 Å². The molecule has 3 heteroatoms. The van der Waals surface area contributed by atoms with Crippen molar-refractivity contribution in [1.82, 2.24) is 9.55 Å². The van der Waals surface area contributed by atoms with Crippen molar-refractivity contribution in [2.75, 3.05) is 11.9 Å². The first-order chi connectivity index (χ1) is 7.34. The van der Waals surface area contributed by atoms with E-state index in [-0.39, 0.29) is 0 Å². The first-order valence-electron chi connectivity index (χ1n) is 5.21. The molecular weight excluding hydrogens is 186 g/mol. The number of hydrogen-bond acceptors (Lipinski definition) is 2. The number of aryl methyl sites for hydroxylation is 1. The molecule has 1 aliphatic heterocycles. The summed E-state index contributed by atoms with van der Waals surface area (Å²) < 4.78 is 2.17. The van der Waals surface area contributed by atoms with E-state index in [0.717, 1.165) is 13.0 Å². The second-order valence-electron chi connectivity index (χ2n) is 3.95. The lowest BCUT2D eigenvalue weighted by atomic mass is 10.2. The molecule has 0 saturated heterocycles. The maximum atomic E-state index is 4.21. The first-order valence-corrected chi connectivity index (χ1v) is 5.21. The van der Waals surface area contributed by atoms with Crippen LogP contribution in [-0.2, 0) is 6.42 Å². The maximum absolute atomic E-state index is 4.21. The number of nitrogens with zero attached hydrogens (tertiary/aromatic N) is 2. The fourth-order valence-corrected chi connectivity index (χ4v) is 2.04. The number of imidazole rings is 1. The third-order valence-corrected chi connectivity index (χ3v) is 2.82. The zero-order valence-corrected chi connectivity index (χ0v) is 8.70. The largest absolute Gasteiger partial charge is 0.383 e. The molecule has 0 aliphatic carbocycles. The molecule has 2 aromatic rings. The minimum atomic E-state index is 0.974. The molecule has 76 valence electrons. The molecule has 0 saturated carbocycles. The Morgan fingerprint density at radius 1 is 1.40 bits per heavy atom. The van der Waals surface area contributed by atoms with Gasteiger partial charge in [-0.25, -0.2) is 4.98 Å². The standard InChI is InChI=1S/C12H13N3/c1-9-2-3-11-12(6-9)15-8-13-7-10(15)4-5-14-11/h2-3,6-8,14H,4-5H2,1H3. The van der Waals surface area contributed by atoms with E-state index in [1.54, 1.807) is 0 Å². The van der Waals surface area contributed by atoms with Gasteiger partial charge in [-0.3, -0.25) is 0 Å². The SMILES string of the molecule is Cc1ccc2c(c1)-n1cncc1CCN2. The van der Waals surface area contributed by atoms with Gasteiger partial charge in [0, 0.05) is 24.9 Å². The van der Waals surface area contributed by atoms with Crippen LogP contribution in [0.15, 0.2) is 30.7 Å². The summed E-state index contributed by atoms with van der Waals surface area (Å²) in [4.78, 5) is 4.21. The number of anilines is 1. The van der Waals surface area contributed by atoms with Gasteiger partial charge >= 0.3 is 0 Å². The Hall–Kier alpha value is -1.77. The second-order valence-corrected chi connectivity index (χ2v) is 3.95. The molecule has 1 aromatic carbocycles. The normalized spacial score (nSPS) is 13.7. The van der Waals surface area contributed by atoms with Gasteiger partial charge in [-0.1, -0.05) is 6.07 Å². The van der Waals surface area contributed by atoms with Crippen molar-refractivity contribution in [2.45, 2.75) is 13.3 Å². The Morgan fingerprint density at radius 3 is 3.27 bits per heavy atom. The summed E-state index contributed by atoms with van der Waals surface area (Å²) in [6.07, 6.45) is 4.85. The van der Waals surface area contributed by atoms with Crippen LogP contribution in [0.5, 0.6) is 0 Å².